The molecule has 0 spiro atoms. The van der Waals surface area contributed by atoms with Crippen LogP contribution in [0.1, 0.15) is 27.0 Å². The lowest BCUT2D eigenvalue weighted by atomic mass is 9.97. The number of benzene rings is 4. The molecule has 0 saturated carbocycles. The van der Waals surface area contributed by atoms with Gasteiger partial charge in [0.05, 0.1) is 35.4 Å². The number of hydrogen-bond acceptors (Lipinski definition) is 6. The molecule has 1 atom stereocenters. The molecule has 1 saturated heterocycles. The van der Waals surface area contributed by atoms with Gasteiger partial charge < -0.3 is 19.9 Å². The van der Waals surface area contributed by atoms with Crippen LogP contribution < -0.4 is 14.8 Å². The molecular formula is C36H37Cl2N3O5. The monoisotopic (exact) mass is 661 g/mol. The second kappa shape index (κ2) is 15.5. The van der Waals surface area contributed by atoms with Crippen molar-refractivity contribution in [1.82, 2.24) is 15.1 Å². The topological polar surface area (TPSA) is 91.3 Å². The van der Waals surface area contributed by atoms with Crippen LogP contribution in [0, 0.1) is 0 Å². The van der Waals surface area contributed by atoms with Crippen LogP contribution >= 0.6 is 23.2 Å². The number of ether oxygens (including phenoxy) is 2. The van der Waals surface area contributed by atoms with Gasteiger partial charge in [0.25, 0.3) is 5.91 Å². The molecular weight excluding hydrogens is 625 g/mol. The van der Waals surface area contributed by atoms with Gasteiger partial charge in [-0.2, -0.15) is 0 Å². The molecule has 240 valence electrons. The highest BCUT2D eigenvalue weighted by molar-refractivity contribution is 6.39. The SMILES string of the molecule is COc1cc(CN2CCN(Cc3ccccc3)CC2)cc(OC)c1-c1ccc(C[C@H](NC(=O)c2c(Cl)cccc2Cl)C(=O)O)cc1. The third-order valence-electron chi connectivity index (χ3n) is 8.16. The minimum absolute atomic E-state index is 0.0420. The van der Waals surface area contributed by atoms with E-state index in [0.717, 1.165) is 61.5 Å². The maximum atomic E-state index is 12.8. The highest BCUT2D eigenvalue weighted by Gasteiger charge is 2.25. The molecule has 4 aromatic rings. The number of nitrogens with zero attached hydrogens (tertiary/aromatic N) is 2. The van der Waals surface area contributed by atoms with E-state index in [1.807, 2.05) is 30.3 Å². The Hall–Kier alpha value is -4.08. The first-order valence-corrected chi connectivity index (χ1v) is 15.8. The maximum Gasteiger partial charge on any atom is 0.326 e. The third-order valence-corrected chi connectivity index (χ3v) is 8.79. The largest absolute Gasteiger partial charge is 0.496 e. The molecule has 0 bridgehead atoms. The number of carboxylic acids is 1. The number of carboxylic acid groups (broad SMARTS) is 1. The number of piperazine rings is 1. The highest BCUT2D eigenvalue weighted by Crippen LogP contribution is 2.40. The number of hydrogen-bond donors (Lipinski definition) is 2. The van der Waals surface area contributed by atoms with Gasteiger partial charge >= 0.3 is 5.97 Å². The molecule has 0 unspecified atom stereocenters. The molecule has 0 radical (unpaired) electrons. The summed E-state index contributed by atoms with van der Waals surface area (Å²) in [6, 6.07) is 25.6. The number of amides is 1. The summed E-state index contributed by atoms with van der Waals surface area (Å²) in [5, 5.41) is 12.7. The van der Waals surface area contributed by atoms with Crippen molar-refractivity contribution in [2.45, 2.75) is 25.6 Å². The predicted molar refractivity (Wildman–Crippen MR) is 181 cm³/mol. The van der Waals surface area contributed by atoms with Crippen molar-refractivity contribution in [1.29, 1.82) is 0 Å². The smallest absolute Gasteiger partial charge is 0.326 e. The van der Waals surface area contributed by atoms with Gasteiger partial charge in [-0.15, -0.1) is 0 Å². The van der Waals surface area contributed by atoms with Crippen molar-refractivity contribution in [3.8, 4) is 22.6 Å². The van der Waals surface area contributed by atoms with Gasteiger partial charge in [0.15, 0.2) is 0 Å². The number of aliphatic carboxylic acids is 1. The molecule has 1 aliphatic heterocycles. The quantitative estimate of drug-likeness (QED) is 0.181. The molecule has 1 heterocycles. The first-order chi connectivity index (χ1) is 22.2. The van der Waals surface area contributed by atoms with E-state index in [1.165, 1.54) is 17.7 Å². The molecule has 5 rings (SSSR count). The molecule has 1 aliphatic rings. The second-order valence-corrected chi connectivity index (χ2v) is 12.1. The fourth-order valence-electron chi connectivity index (χ4n) is 5.74. The normalized spacial score (nSPS) is 14.4. The van der Waals surface area contributed by atoms with E-state index < -0.39 is 17.9 Å². The average molecular weight is 663 g/mol. The van der Waals surface area contributed by atoms with Crippen LogP contribution in [0.4, 0.5) is 0 Å². The number of halogens is 2. The minimum Gasteiger partial charge on any atom is -0.496 e. The minimum atomic E-state index is -1.19. The maximum absolute atomic E-state index is 12.8. The Labute approximate surface area is 279 Å². The summed E-state index contributed by atoms with van der Waals surface area (Å²) in [6.07, 6.45) is 0.0647. The van der Waals surface area contributed by atoms with Crippen LogP contribution in [0.25, 0.3) is 11.1 Å². The number of carbonyl (C=O) groups excluding carboxylic acids is 1. The lowest BCUT2D eigenvalue weighted by Gasteiger charge is -2.35. The van der Waals surface area contributed by atoms with E-state index in [1.54, 1.807) is 20.3 Å². The van der Waals surface area contributed by atoms with Gasteiger partial charge in [0.1, 0.15) is 17.5 Å². The molecule has 1 amide bonds. The standard InChI is InChI=1S/C36H37Cl2N3O5/c1-45-31-20-26(23-41-17-15-40(16-18-41)22-25-7-4-3-5-8-25)21-32(46-2)33(31)27-13-11-24(12-14-27)19-30(36(43)44)39-35(42)34-28(37)9-6-10-29(34)38/h3-14,20-21,30H,15-19,22-23H2,1-2H3,(H,39,42)(H,43,44)/t30-/m0/s1. The summed E-state index contributed by atoms with van der Waals surface area (Å²) in [7, 11) is 3.29. The lowest BCUT2D eigenvalue weighted by molar-refractivity contribution is -0.139. The zero-order valence-electron chi connectivity index (χ0n) is 25.8. The van der Waals surface area contributed by atoms with Gasteiger partial charge in [-0.25, -0.2) is 4.79 Å². The van der Waals surface area contributed by atoms with Gasteiger partial charge in [0.2, 0.25) is 0 Å². The summed E-state index contributed by atoms with van der Waals surface area (Å²) in [4.78, 5) is 29.8. The van der Waals surface area contributed by atoms with Crippen LogP contribution in [0.3, 0.4) is 0 Å². The van der Waals surface area contributed by atoms with Crippen molar-refractivity contribution in [3.63, 3.8) is 0 Å². The van der Waals surface area contributed by atoms with Crippen molar-refractivity contribution in [3.05, 3.63) is 117 Å². The van der Waals surface area contributed by atoms with Crippen molar-refractivity contribution >= 4 is 35.1 Å². The lowest BCUT2D eigenvalue weighted by Crippen LogP contribution is -2.45. The van der Waals surface area contributed by atoms with Crippen LogP contribution in [-0.4, -0.2) is 73.2 Å². The number of carbonyl (C=O) groups is 2. The zero-order valence-corrected chi connectivity index (χ0v) is 27.4. The van der Waals surface area contributed by atoms with Gasteiger partial charge in [0, 0.05) is 45.7 Å². The molecule has 10 heteroatoms. The second-order valence-electron chi connectivity index (χ2n) is 11.3. The van der Waals surface area contributed by atoms with Crippen molar-refractivity contribution in [2.24, 2.45) is 0 Å². The molecule has 2 N–H and O–H groups in total. The zero-order chi connectivity index (χ0) is 32.6. The number of methoxy groups -OCH3 is 2. The van der Waals surface area contributed by atoms with E-state index in [-0.39, 0.29) is 22.0 Å². The van der Waals surface area contributed by atoms with Gasteiger partial charge in [-0.1, -0.05) is 83.9 Å². The Morgan fingerprint density at radius 2 is 1.30 bits per heavy atom. The fraction of sp³-hybridized carbons (Fsp3) is 0.278. The Morgan fingerprint density at radius 3 is 1.83 bits per heavy atom. The van der Waals surface area contributed by atoms with Crippen molar-refractivity contribution in [2.75, 3.05) is 40.4 Å². The van der Waals surface area contributed by atoms with E-state index in [4.69, 9.17) is 32.7 Å². The Bertz CT molecular complexity index is 1610. The molecule has 8 nitrogen and oxygen atoms in total. The molecule has 46 heavy (non-hydrogen) atoms. The summed E-state index contributed by atoms with van der Waals surface area (Å²) in [6.45, 7) is 5.72. The van der Waals surface area contributed by atoms with Crippen molar-refractivity contribution < 1.29 is 24.2 Å². The average Bonchev–Trinajstić information content (AvgIpc) is 3.05. The molecule has 0 aliphatic carbocycles. The Morgan fingerprint density at radius 1 is 0.761 bits per heavy atom. The van der Waals surface area contributed by atoms with Gasteiger partial charge in [-0.3, -0.25) is 14.6 Å². The molecule has 1 fully saturated rings. The summed E-state index contributed by atoms with van der Waals surface area (Å²) in [5.41, 5.74) is 4.87. The van der Waals surface area contributed by atoms with Crippen LogP contribution in [0.2, 0.25) is 10.0 Å². The van der Waals surface area contributed by atoms with Crippen LogP contribution in [-0.2, 0) is 24.3 Å². The van der Waals surface area contributed by atoms with E-state index in [9.17, 15) is 14.7 Å². The summed E-state index contributed by atoms with van der Waals surface area (Å²) in [5.74, 6) is -0.436. The van der Waals surface area contributed by atoms with Crippen LogP contribution in [0.15, 0.2) is 84.9 Å². The first kappa shape index (κ1) is 33.3. The van der Waals surface area contributed by atoms with E-state index >= 15 is 0 Å². The number of nitrogens with one attached hydrogen (secondary N) is 1. The first-order valence-electron chi connectivity index (χ1n) is 15.1. The van der Waals surface area contributed by atoms with E-state index in [2.05, 4.69) is 51.5 Å². The predicted octanol–water partition coefficient (Wildman–Crippen LogP) is 6.42. The number of rotatable bonds is 12. The highest BCUT2D eigenvalue weighted by atomic mass is 35.5. The fourth-order valence-corrected chi connectivity index (χ4v) is 6.30. The Kier molecular flexibility index (Phi) is 11.2. The summed E-state index contributed by atoms with van der Waals surface area (Å²) < 4.78 is 11.7. The van der Waals surface area contributed by atoms with Crippen LogP contribution in [0.5, 0.6) is 11.5 Å². The molecule has 4 aromatic carbocycles. The molecule has 0 aromatic heterocycles. The Balaban J connectivity index is 1.25. The third kappa shape index (κ3) is 8.19. The van der Waals surface area contributed by atoms with E-state index in [0.29, 0.717) is 11.5 Å². The summed E-state index contributed by atoms with van der Waals surface area (Å²) >= 11 is 12.3. The van der Waals surface area contributed by atoms with Gasteiger partial charge in [-0.05, 0) is 46.5 Å².